The Morgan fingerprint density at radius 2 is 2.19 bits per heavy atom. The highest BCUT2D eigenvalue weighted by atomic mass is 16.4. The summed E-state index contributed by atoms with van der Waals surface area (Å²) in [4.78, 5) is 10.6. The SMILES string of the molecule is O=Cc1cccc(-c2nnc(C3CC3)o2)c1. The van der Waals surface area contributed by atoms with Crippen molar-refractivity contribution in [3.05, 3.63) is 35.7 Å². The average molecular weight is 214 g/mol. The lowest BCUT2D eigenvalue weighted by molar-refractivity contribution is 0.112. The van der Waals surface area contributed by atoms with Gasteiger partial charge in [0.2, 0.25) is 11.8 Å². The van der Waals surface area contributed by atoms with Gasteiger partial charge in [0.25, 0.3) is 0 Å². The summed E-state index contributed by atoms with van der Waals surface area (Å²) in [6.07, 6.45) is 3.08. The first kappa shape index (κ1) is 9.27. The standard InChI is InChI=1S/C12H10N2O2/c15-7-8-2-1-3-10(6-8)12-14-13-11(16-12)9-4-5-9/h1-3,6-7,9H,4-5H2. The van der Waals surface area contributed by atoms with E-state index in [2.05, 4.69) is 10.2 Å². The molecule has 0 amide bonds. The van der Waals surface area contributed by atoms with Gasteiger partial charge in [-0.2, -0.15) is 0 Å². The molecule has 1 fully saturated rings. The Hall–Kier alpha value is -1.97. The van der Waals surface area contributed by atoms with E-state index >= 15 is 0 Å². The van der Waals surface area contributed by atoms with Gasteiger partial charge in [0, 0.05) is 17.0 Å². The van der Waals surface area contributed by atoms with Crippen LogP contribution in [0.3, 0.4) is 0 Å². The molecule has 1 aliphatic rings. The number of hydrogen-bond donors (Lipinski definition) is 0. The Morgan fingerprint density at radius 3 is 2.94 bits per heavy atom. The third kappa shape index (κ3) is 1.62. The zero-order chi connectivity index (χ0) is 11.0. The highest BCUT2D eigenvalue weighted by Crippen LogP contribution is 2.39. The average Bonchev–Trinajstić information content (AvgIpc) is 3.07. The molecule has 1 heterocycles. The van der Waals surface area contributed by atoms with Gasteiger partial charge in [-0.25, -0.2) is 0 Å². The van der Waals surface area contributed by atoms with Crippen molar-refractivity contribution in [2.45, 2.75) is 18.8 Å². The molecular formula is C12H10N2O2. The number of nitrogens with zero attached hydrogens (tertiary/aromatic N) is 2. The van der Waals surface area contributed by atoms with Gasteiger partial charge < -0.3 is 4.42 Å². The van der Waals surface area contributed by atoms with Gasteiger partial charge in [-0.1, -0.05) is 12.1 Å². The van der Waals surface area contributed by atoms with E-state index in [-0.39, 0.29) is 0 Å². The van der Waals surface area contributed by atoms with Crippen molar-refractivity contribution in [2.75, 3.05) is 0 Å². The van der Waals surface area contributed by atoms with Crippen molar-refractivity contribution in [1.82, 2.24) is 10.2 Å². The summed E-state index contributed by atoms with van der Waals surface area (Å²) in [5, 5.41) is 8.00. The molecule has 2 aromatic rings. The van der Waals surface area contributed by atoms with E-state index in [0.717, 1.165) is 24.7 Å². The quantitative estimate of drug-likeness (QED) is 0.736. The third-order valence-corrected chi connectivity index (χ3v) is 2.64. The molecule has 16 heavy (non-hydrogen) atoms. The van der Waals surface area contributed by atoms with Crippen molar-refractivity contribution >= 4 is 6.29 Å². The van der Waals surface area contributed by atoms with Crippen LogP contribution >= 0.6 is 0 Å². The van der Waals surface area contributed by atoms with E-state index in [0.29, 0.717) is 23.3 Å². The van der Waals surface area contributed by atoms with Gasteiger partial charge in [-0.05, 0) is 25.0 Å². The van der Waals surface area contributed by atoms with E-state index < -0.39 is 0 Å². The second-order valence-corrected chi connectivity index (χ2v) is 3.96. The summed E-state index contributed by atoms with van der Waals surface area (Å²) in [6.45, 7) is 0. The van der Waals surface area contributed by atoms with E-state index in [4.69, 9.17) is 4.42 Å². The molecule has 0 bridgehead atoms. The molecule has 0 radical (unpaired) electrons. The molecular weight excluding hydrogens is 204 g/mol. The van der Waals surface area contributed by atoms with Crippen molar-refractivity contribution in [3.63, 3.8) is 0 Å². The lowest BCUT2D eigenvalue weighted by Crippen LogP contribution is -1.82. The summed E-state index contributed by atoms with van der Waals surface area (Å²) in [5.74, 6) is 1.66. The predicted octanol–water partition coefficient (Wildman–Crippen LogP) is 2.43. The predicted molar refractivity (Wildman–Crippen MR) is 57.1 cm³/mol. The first-order valence-electron chi connectivity index (χ1n) is 5.26. The van der Waals surface area contributed by atoms with E-state index in [1.54, 1.807) is 18.2 Å². The molecule has 1 aromatic heterocycles. The summed E-state index contributed by atoms with van der Waals surface area (Å²) >= 11 is 0. The second-order valence-electron chi connectivity index (χ2n) is 3.96. The molecule has 1 aliphatic carbocycles. The molecule has 1 saturated carbocycles. The molecule has 0 aliphatic heterocycles. The van der Waals surface area contributed by atoms with Crippen LogP contribution in [-0.4, -0.2) is 16.5 Å². The number of carbonyl (C=O) groups excluding carboxylic acids is 1. The van der Waals surface area contributed by atoms with Crippen molar-refractivity contribution < 1.29 is 9.21 Å². The maximum Gasteiger partial charge on any atom is 0.247 e. The zero-order valence-corrected chi connectivity index (χ0v) is 8.59. The molecule has 4 nitrogen and oxygen atoms in total. The first-order chi connectivity index (χ1) is 7.86. The number of hydrogen-bond acceptors (Lipinski definition) is 4. The second kappa shape index (κ2) is 3.56. The summed E-state index contributed by atoms with van der Waals surface area (Å²) in [5.41, 5.74) is 1.41. The normalized spacial score (nSPS) is 15.0. The summed E-state index contributed by atoms with van der Waals surface area (Å²) in [7, 11) is 0. The lowest BCUT2D eigenvalue weighted by atomic mass is 10.1. The fraction of sp³-hybridized carbons (Fsp3) is 0.250. The number of aromatic nitrogens is 2. The smallest absolute Gasteiger partial charge is 0.247 e. The molecule has 80 valence electrons. The Bertz CT molecular complexity index is 529. The minimum atomic E-state index is 0.454. The van der Waals surface area contributed by atoms with Crippen LogP contribution in [0.25, 0.3) is 11.5 Å². The topological polar surface area (TPSA) is 56.0 Å². The highest BCUT2D eigenvalue weighted by Gasteiger charge is 2.29. The maximum absolute atomic E-state index is 10.6. The van der Waals surface area contributed by atoms with Gasteiger partial charge in [-0.15, -0.1) is 10.2 Å². The Morgan fingerprint density at radius 1 is 1.31 bits per heavy atom. The van der Waals surface area contributed by atoms with Crippen LogP contribution < -0.4 is 0 Å². The van der Waals surface area contributed by atoms with Crippen LogP contribution in [0, 0.1) is 0 Å². The zero-order valence-electron chi connectivity index (χ0n) is 8.59. The van der Waals surface area contributed by atoms with Crippen molar-refractivity contribution in [2.24, 2.45) is 0 Å². The summed E-state index contributed by atoms with van der Waals surface area (Å²) in [6, 6.07) is 7.16. The minimum Gasteiger partial charge on any atom is -0.420 e. The van der Waals surface area contributed by atoms with E-state index in [1.807, 2.05) is 6.07 Å². The van der Waals surface area contributed by atoms with E-state index in [9.17, 15) is 4.79 Å². The van der Waals surface area contributed by atoms with E-state index in [1.165, 1.54) is 0 Å². The van der Waals surface area contributed by atoms with Crippen LogP contribution in [0.5, 0.6) is 0 Å². The molecule has 0 unspecified atom stereocenters. The fourth-order valence-electron chi connectivity index (χ4n) is 1.59. The Labute approximate surface area is 92.3 Å². The largest absolute Gasteiger partial charge is 0.420 e. The molecule has 3 rings (SSSR count). The number of aldehydes is 1. The van der Waals surface area contributed by atoms with Crippen LogP contribution in [0.2, 0.25) is 0 Å². The lowest BCUT2D eigenvalue weighted by Gasteiger charge is -1.95. The van der Waals surface area contributed by atoms with Crippen LogP contribution in [0.1, 0.15) is 35.0 Å². The van der Waals surface area contributed by atoms with Gasteiger partial charge in [-0.3, -0.25) is 4.79 Å². The van der Waals surface area contributed by atoms with Crippen LogP contribution in [0.15, 0.2) is 28.7 Å². The monoisotopic (exact) mass is 214 g/mol. The molecule has 0 saturated heterocycles. The fourth-order valence-corrected chi connectivity index (χ4v) is 1.59. The van der Waals surface area contributed by atoms with Gasteiger partial charge >= 0.3 is 0 Å². The van der Waals surface area contributed by atoms with Gasteiger partial charge in [0.1, 0.15) is 6.29 Å². The minimum absolute atomic E-state index is 0.454. The van der Waals surface area contributed by atoms with Gasteiger partial charge in [0.05, 0.1) is 0 Å². The first-order valence-corrected chi connectivity index (χ1v) is 5.26. The van der Waals surface area contributed by atoms with Gasteiger partial charge in [0.15, 0.2) is 0 Å². The number of benzene rings is 1. The highest BCUT2D eigenvalue weighted by molar-refractivity contribution is 5.77. The maximum atomic E-state index is 10.6. The van der Waals surface area contributed by atoms with Crippen molar-refractivity contribution in [1.29, 1.82) is 0 Å². The Kier molecular flexibility index (Phi) is 2.06. The molecule has 0 spiro atoms. The molecule has 1 aromatic carbocycles. The van der Waals surface area contributed by atoms with Crippen molar-refractivity contribution in [3.8, 4) is 11.5 Å². The number of rotatable bonds is 3. The third-order valence-electron chi connectivity index (χ3n) is 2.64. The molecule has 0 atom stereocenters. The van der Waals surface area contributed by atoms with Crippen LogP contribution in [-0.2, 0) is 0 Å². The Balaban J connectivity index is 1.96. The summed E-state index contributed by atoms with van der Waals surface area (Å²) < 4.78 is 5.55. The molecule has 0 N–H and O–H groups in total. The molecule has 4 heteroatoms. The van der Waals surface area contributed by atoms with Crippen LogP contribution in [0.4, 0.5) is 0 Å². The number of carbonyl (C=O) groups is 1.